The Bertz CT molecular complexity index is 1140. The van der Waals surface area contributed by atoms with Crippen LogP contribution in [0.1, 0.15) is 41.0 Å². The molecule has 0 N–H and O–H groups in total. The van der Waals surface area contributed by atoms with E-state index in [1.54, 1.807) is 0 Å². The van der Waals surface area contributed by atoms with E-state index in [1.807, 2.05) is 0 Å². The molecule has 0 heterocycles. The molecule has 4 aromatic carbocycles. The summed E-state index contributed by atoms with van der Waals surface area (Å²) in [7, 11) is 0. The number of benzene rings is 4. The van der Waals surface area contributed by atoms with Gasteiger partial charge in [0.1, 0.15) is 0 Å². The number of hydrogen-bond acceptors (Lipinski definition) is 0. The molecule has 6 rings (SSSR count). The van der Waals surface area contributed by atoms with Crippen LogP contribution in [0, 0.1) is 5.92 Å². The Balaban J connectivity index is 1.66. The molecular formula is C26H20. The molecule has 2 bridgehead atoms. The third-order valence-corrected chi connectivity index (χ3v) is 6.53. The first-order valence-electron chi connectivity index (χ1n) is 9.43. The summed E-state index contributed by atoms with van der Waals surface area (Å²) in [6.45, 7) is 6.56. The molecule has 0 amide bonds. The van der Waals surface area contributed by atoms with Crippen LogP contribution in [0.15, 0.2) is 84.9 Å². The van der Waals surface area contributed by atoms with Crippen LogP contribution in [-0.4, -0.2) is 0 Å². The lowest BCUT2D eigenvalue weighted by Gasteiger charge is -2.20. The van der Waals surface area contributed by atoms with Gasteiger partial charge in [0.25, 0.3) is 0 Å². The maximum Gasteiger partial charge on any atom is 0.0170 e. The normalized spacial score (nSPS) is 22.6. The highest BCUT2D eigenvalue weighted by molar-refractivity contribution is 5.99. The highest BCUT2D eigenvalue weighted by atomic mass is 14.5. The smallest absolute Gasteiger partial charge is 0.0170 e. The van der Waals surface area contributed by atoms with E-state index in [1.165, 1.54) is 49.4 Å². The zero-order valence-electron chi connectivity index (χ0n) is 14.9. The summed E-state index contributed by atoms with van der Waals surface area (Å²) in [4.78, 5) is 0. The van der Waals surface area contributed by atoms with Gasteiger partial charge in [-0.2, -0.15) is 0 Å². The third-order valence-electron chi connectivity index (χ3n) is 6.53. The van der Waals surface area contributed by atoms with Crippen LogP contribution < -0.4 is 0 Å². The van der Waals surface area contributed by atoms with Crippen molar-refractivity contribution in [3.63, 3.8) is 0 Å². The van der Waals surface area contributed by atoms with Crippen LogP contribution in [0.3, 0.4) is 0 Å². The molecule has 0 spiro atoms. The largest absolute Gasteiger partial charge is 0.0998 e. The third kappa shape index (κ3) is 1.69. The molecule has 0 nitrogen and oxygen atoms in total. The zero-order chi connectivity index (χ0) is 17.4. The molecule has 2 aliphatic carbocycles. The van der Waals surface area contributed by atoms with Gasteiger partial charge in [0.15, 0.2) is 0 Å². The Hall–Kier alpha value is -2.86. The molecule has 0 saturated carbocycles. The van der Waals surface area contributed by atoms with Crippen molar-refractivity contribution in [1.29, 1.82) is 0 Å². The topological polar surface area (TPSA) is 0 Å². The molecule has 0 aromatic heterocycles. The van der Waals surface area contributed by atoms with E-state index in [9.17, 15) is 0 Å². The van der Waals surface area contributed by atoms with Crippen molar-refractivity contribution >= 4 is 21.5 Å². The Kier molecular flexibility index (Phi) is 2.68. The van der Waals surface area contributed by atoms with E-state index in [0.29, 0.717) is 17.8 Å². The number of allylic oxidation sites excluding steroid dienone is 1. The van der Waals surface area contributed by atoms with Crippen LogP contribution in [0.5, 0.6) is 0 Å². The van der Waals surface area contributed by atoms with Crippen molar-refractivity contribution in [1.82, 2.24) is 0 Å². The summed E-state index contributed by atoms with van der Waals surface area (Å²) in [5.41, 5.74) is 7.37. The van der Waals surface area contributed by atoms with E-state index < -0.39 is 0 Å². The molecule has 0 aliphatic heterocycles. The van der Waals surface area contributed by atoms with Crippen LogP contribution in [0.2, 0.25) is 0 Å². The van der Waals surface area contributed by atoms with E-state index in [2.05, 4.69) is 86.3 Å². The van der Waals surface area contributed by atoms with E-state index in [0.717, 1.165) is 0 Å². The first kappa shape index (κ1) is 14.3. The van der Waals surface area contributed by atoms with Crippen LogP contribution >= 0.6 is 0 Å². The lowest BCUT2D eigenvalue weighted by Crippen LogP contribution is -2.05. The summed E-state index contributed by atoms with van der Waals surface area (Å²) < 4.78 is 0. The van der Waals surface area contributed by atoms with Crippen molar-refractivity contribution in [2.24, 2.45) is 5.92 Å². The van der Waals surface area contributed by atoms with Gasteiger partial charge in [-0.15, -0.1) is 0 Å². The molecule has 0 radical (unpaired) electrons. The highest BCUT2D eigenvalue weighted by Gasteiger charge is 2.49. The second-order valence-corrected chi connectivity index (χ2v) is 7.98. The van der Waals surface area contributed by atoms with Crippen LogP contribution in [-0.2, 0) is 0 Å². The minimum Gasteiger partial charge on any atom is -0.0998 e. The van der Waals surface area contributed by atoms with Gasteiger partial charge < -0.3 is 0 Å². The van der Waals surface area contributed by atoms with Crippen molar-refractivity contribution in [2.75, 3.05) is 0 Å². The molecule has 0 saturated heterocycles. The van der Waals surface area contributed by atoms with Gasteiger partial charge in [-0.3, -0.25) is 0 Å². The summed E-state index contributed by atoms with van der Waals surface area (Å²) >= 11 is 0. The molecule has 2 atom stereocenters. The van der Waals surface area contributed by atoms with Gasteiger partial charge in [-0.1, -0.05) is 72.8 Å². The molecular weight excluding hydrogens is 312 g/mol. The molecule has 2 aliphatic rings. The highest BCUT2D eigenvalue weighted by Crippen LogP contribution is 2.62. The summed E-state index contributed by atoms with van der Waals surface area (Å²) in [6.07, 6.45) is 0. The number of hydrogen-bond donors (Lipinski definition) is 0. The molecule has 124 valence electrons. The standard InChI is InChI=1S/C26H20/c1-15(2)24-25-20-9-5-6-10-21(20)26(24)23-14-19-12-17-8-4-3-7-16(17)11-18(19)13-22(23)25/h3-14,24-26H,1H2,2H3. The fraction of sp³-hybridized carbons (Fsp3) is 0.154. The van der Waals surface area contributed by atoms with Gasteiger partial charge in [-0.25, -0.2) is 0 Å². The Morgan fingerprint density at radius 2 is 1.08 bits per heavy atom. The van der Waals surface area contributed by atoms with Gasteiger partial charge in [0.05, 0.1) is 0 Å². The van der Waals surface area contributed by atoms with Crippen molar-refractivity contribution in [3.8, 4) is 0 Å². The molecule has 0 fully saturated rings. The summed E-state index contributed by atoms with van der Waals surface area (Å²) in [6, 6.07) is 27.3. The lowest BCUT2D eigenvalue weighted by molar-refractivity contribution is 0.584. The monoisotopic (exact) mass is 332 g/mol. The summed E-state index contributed by atoms with van der Waals surface area (Å²) in [5, 5.41) is 5.35. The van der Waals surface area contributed by atoms with Gasteiger partial charge in [0.2, 0.25) is 0 Å². The fourth-order valence-corrected chi connectivity index (χ4v) is 5.51. The van der Waals surface area contributed by atoms with Crippen molar-refractivity contribution in [2.45, 2.75) is 18.8 Å². The first-order chi connectivity index (χ1) is 12.7. The SMILES string of the molecule is C=C(C)C1C2c3ccccc3C1c1cc3cc4ccccc4cc3cc12. The fourth-order valence-electron chi connectivity index (χ4n) is 5.51. The predicted octanol–water partition coefficient (Wildman–Crippen LogP) is 6.78. The minimum atomic E-state index is 0.472. The lowest BCUT2D eigenvalue weighted by atomic mass is 9.84. The van der Waals surface area contributed by atoms with Gasteiger partial charge in [0, 0.05) is 17.8 Å². The van der Waals surface area contributed by atoms with Crippen LogP contribution in [0.25, 0.3) is 21.5 Å². The minimum absolute atomic E-state index is 0.472. The van der Waals surface area contributed by atoms with E-state index in [-0.39, 0.29) is 0 Å². The average Bonchev–Trinajstić information content (AvgIpc) is 3.17. The number of fused-ring (bicyclic) bond motifs is 10. The van der Waals surface area contributed by atoms with Crippen molar-refractivity contribution < 1.29 is 0 Å². The molecule has 0 heteroatoms. The predicted molar refractivity (Wildman–Crippen MR) is 110 cm³/mol. The molecule has 26 heavy (non-hydrogen) atoms. The number of rotatable bonds is 1. The Morgan fingerprint density at radius 3 is 1.54 bits per heavy atom. The average molecular weight is 332 g/mol. The van der Waals surface area contributed by atoms with E-state index >= 15 is 0 Å². The van der Waals surface area contributed by atoms with Crippen molar-refractivity contribution in [3.05, 3.63) is 107 Å². The Morgan fingerprint density at radius 1 is 0.615 bits per heavy atom. The second kappa shape index (κ2) is 4.86. The summed E-state index contributed by atoms with van der Waals surface area (Å²) in [5.74, 6) is 1.45. The van der Waals surface area contributed by atoms with Crippen LogP contribution in [0.4, 0.5) is 0 Å². The first-order valence-corrected chi connectivity index (χ1v) is 9.43. The maximum atomic E-state index is 4.36. The zero-order valence-corrected chi connectivity index (χ0v) is 14.9. The van der Waals surface area contributed by atoms with Gasteiger partial charge >= 0.3 is 0 Å². The quantitative estimate of drug-likeness (QED) is 0.266. The second-order valence-electron chi connectivity index (χ2n) is 7.98. The maximum absolute atomic E-state index is 4.36. The van der Waals surface area contributed by atoms with Gasteiger partial charge in [-0.05, 0) is 62.9 Å². The Labute approximate surface area is 153 Å². The molecule has 2 unspecified atom stereocenters. The van der Waals surface area contributed by atoms with E-state index in [4.69, 9.17) is 0 Å². The molecule has 4 aromatic rings.